The molecule has 1 atom stereocenters. The fraction of sp³-hybridized carbons (Fsp3) is 0.448. The lowest BCUT2D eigenvalue weighted by molar-refractivity contribution is 0.0116. The summed E-state index contributed by atoms with van der Waals surface area (Å²) in [4.78, 5) is 34.3. The van der Waals surface area contributed by atoms with Gasteiger partial charge in [0.2, 0.25) is 0 Å². The molecule has 212 valence electrons. The molecule has 0 spiro atoms. The Hall–Kier alpha value is -4.15. The van der Waals surface area contributed by atoms with Gasteiger partial charge in [-0.3, -0.25) is 9.48 Å². The van der Waals surface area contributed by atoms with Gasteiger partial charge in [0.15, 0.2) is 11.5 Å². The molecule has 40 heavy (non-hydrogen) atoms. The van der Waals surface area contributed by atoms with Crippen LogP contribution in [0.2, 0.25) is 0 Å². The summed E-state index contributed by atoms with van der Waals surface area (Å²) in [6.07, 6.45) is 5.69. The molecule has 0 aliphatic carbocycles. The quantitative estimate of drug-likeness (QED) is 0.366. The summed E-state index contributed by atoms with van der Waals surface area (Å²) in [6, 6.07) is 4.94. The lowest BCUT2D eigenvalue weighted by Gasteiger charge is -2.36. The SMILES string of the molecule is CCn1cc2c(N3CCC(C)(N(C)C(=O)OC(C)(C)C)C3)ccc(C(=O)Nc3cc(F)c4nc(C)cn4c3)c2n1. The van der Waals surface area contributed by atoms with Crippen molar-refractivity contribution in [3.63, 3.8) is 0 Å². The van der Waals surface area contributed by atoms with Gasteiger partial charge < -0.3 is 24.3 Å². The number of fused-ring (bicyclic) bond motifs is 2. The lowest BCUT2D eigenvalue weighted by atomic mass is 10.00. The predicted octanol–water partition coefficient (Wildman–Crippen LogP) is 5.24. The molecule has 0 saturated carbocycles. The highest BCUT2D eigenvalue weighted by molar-refractivity contribution is 6.14. The molecule has 11 heteroatoms. The van der Waals surface area contributed by atoms with Gasteiger partial charge in [-0.05, 0) is 60.1 Å². The average molecular weight is 550 g/mol. The minimum absolute atomic E-state index is 0.207. The number of ether oxygens (including phenoxy) is 1. The molecule has 1 fully saturated rings. The van der Waals surface area contributed by atoms with Crippen molar-refractivity contribution < 1.29 is 18.7 Å². The maximum absolute atomic E-state index is 14.6. The van der Waals surface area contributed by atoms with E-state index < -0.39 is 17.0 Å². The van der Waals surface area contributed by atoms with Crippen LogP contribution >= 0.6 is 0 Å². The Balaban J connectivity index is 1.43. The van der Waals surface area contributed by atoms with Crippen LogP contribution in [0.3, 0.4) is 0 Å². The second-order valence-electron chi connectivity index (χ2n) is 11.7. The van der Waals surface area contributed by atoms with Crippen LogP contribution < -0.4 is 10.2 Å². The largest absolute Gasteiger partial charge is 0.444 e. The molecule has 1 aliphatic rings. The highest BCUT2D eigenvalue weighted by Gasteiger charge is 2.41. The van der Waals surface area contributed by atoms with Crippen LogP contribution in [0.5, 0.6) is 0 Å². The fourth-order valence-electron chi connectivity index (χ4n) is 5.18. The van der Waals surface area contributed by atoms with Gasteiger partial charge >= 0.3 is 6.09 Å². The number of imidazole rings is 1. The number of amides is 2. The third kappa shape index (κ3) is 5.07. The number of rotatable bonds is 5. The summed E-state index contributed by atoms with van der Waals surface area (Å²) in [5, 5.41) is 8.35. The molecular weight excluding hydrogens is 513 g/mol. The average Bonchev–Trinajstić information content (AvgIpc) is 3.58. The number of anilines is 2. The van der Waals surface area contributed by atoms with Crippen molar-refractivity contribution in [2.75, 3.05) is 30.4 Å². The number of halogens is 1. The summed E-state index contributed by atoms with van der Waals surface area (Å²) in [5.41, 5.74) is 2.09. The number of carbonyl (C=O) groups excluding carboxylic acids is 2. The van der Waals surface area contributed by atoms with E-state index in [1.165, 1.54) is 6.07 Å². The Morgan fingerprint density at radius 2 is 1.98 bits per heavy atom. The summed E-state index contributed by atoms with van der Waals surface area (Å²) >= 11 is 0. The standard InChI is InChI=1S/C29H36FN7O3/c1-8-37-16-21-23(35-12-11-29(6,17-35)34(7)27(39)40-28(3,4)5)10-9-20(24(21)33-37)26(38)32-19-13-22(30)25-31-18(2)14-36(25)15-19/h9-10,13-16H,8,11-12,17H2,1-7H3,(H,32,38). The van der Waals surface area contributed by atoms with Gasteiger partial charge in [-0.15, -0.1) is 0 Å². The third-order valence-electron chi connectivity index (χ3n) is 7.42. The summed E-state index contributed by atoms with van der Waals surface area (Å²) in [6.45, 7) is 13.4. The molecule has 1 aromatic carbocycles. The first-order valence-electron chi connectivity index (χ1n) is 13.5. The number of pyridine rings is 1. The third-order valence-corrected chi connectivity index (χ3v) is 7.42. The zero-order chi connectivity index (χ0) is 29.0. The number of benzene rings is 1. The Labute approximate surface area is 232 Å². The van der Waals surface area contributed by atoms with Gasteiger partial charge in [0.1, 0.15) is 11.1 Å². The van der Waals surface area contributed by atoms with E-state index >= 15 is 0 Å². The highest BCUT2D eigenvalue weighted by atomic mass is 19.1. The number of carbonyl (C=O) groups is 2. The van der Waals surface area contributed by atoms with E-state index in [-0.39, 0.29) is 17.6 Å². The Kier molecular flexibility index (Phi) is 6.71. The molecule has 0 radical (unpaired) electrons. The Bertz CT molecular complexity index is 1620. The van der Waals surface area contributed by atoms with Gasteiger partial charge in [0, 0.05) is 62.4 Å². The number of hydrogen-bond donors (Lipinski definition) is 1. The highest BCUT2D eigenvalue weighted by Crippen LogP contribution is 2.36. The van der Waals surface area contributed by atoms with Crippen LogP contribution in [0.1, 0.15) is 57.1 Å². The zero-order valence-electron chi connectivity index (χ0n) is 24.1. The summed E-state index contributed by atoms with van der Waals surface area (Å²) < 4.78 is 23.6. The first-order valence-corrected chi connectivity index (χ1v) is 13.5. The fourth-order valence-corrected chi connectivity index (χ4v) is 5.18. The van der Waals surface area contributed by atoms with E-state index in [1.54, 1.807) is 46.4 Å². The number of hydrogen-bond acceptors (Lipinski definition) is 6. The normalized spacial score (nSPS) is 17.6. The van der Waals surface area contributed by atoms with Crippen LogP contribution in [0.25, 0.3) is 16.6 Å². The first kappa shape index (κ1) is 27.4. The Morgan fingerprint density at radius 1 is 1.23 bits per heavy atom. The van der Waals surface area contributed by atoms with Crippen LogP contribution in [-0.4, -0.2) is 67.3 Å². The number of likely N-dealkylation sites (N-methyl/N-ethyl adjacent to an activating group) is 1. The van der Waals surface area contributed by atoms with Crippen LogP contribution in [0, 0.1) is 12.7 Å². The van der Waals surface area contributed by atoms with E-state index in [0.717, 1.165) is 24.0 Å². The van der Waals surface area contributed by atoms with Crippen molar-refractivity contribution in [3.8, 4) is 0 Å². The van der Waals surface area contributed by atoms with Crippen LogP contribution in [0.4, 0.5) is 20.6 Å². The molecule has 0 bridgehead atoms. The van der Waals surface area contributed by atoms with Crippen LogP contribution in [-0.2, 0) is 11.3 Å². The van der Waals surface area contributed by atoms with Crippen molar-refractivity contribution in [2.24, 2.45) is 0 Å². The zero-order valence-corrected chi connectivity index (χ0v) is 24.1. The maximum atomic E-state index is 14.6. The molecule has 4 aromatic rings. The predicted molar refractivity (Wildman–Crippen MR) is 152 cm³/mol. The van der Waals surface area contributed by atoms with Crippen molar-refractivity contribution >= 4 is 39.9 Å². The topological polar surface area (TPSA) is 97.0 Å². The summed E-state index contributed by atoms with van der Waals surface area (Å²) in [5.74, 6) is -0.903. The van der Waals surface area contributed by atoms with Crippen molar-refractivity contribution in [2.45, 2.75) is 65.6 Å². The summed E-state index contributed by atoms with van der Waals surface area (Å²) in [7, 11) is 1.78. The first-order chi connectivity index (χ1) is 18.8. The van der Waals surface area contributed by atoms with Crippen molar-refractivity contribution in [3.05, 3.63) is 53.9 Å². The molecule has 1 aliphatic heterocycles. The van der Waals surface area contributed by atoms with Gasteiger partial charge in [0.05, 0.1) is 22.5 Å². The second-order valence-corrected chi connectivity index (χ2v) is 11.7. The number of aryl methyl sites for hydroxylation is 2. The molecule has 5 rings (SSSR count). The smallest absolute Gasteiger partial charge is 0.410 e. The van der Waals surface area contributed by atoms with E-state index in [1.807, 2.05) is 40.0 Å². The van der Waals surface area contributed by atoms with E-state index in [0.29, 0.717) is 35.6 Å². The molecule has 3 aromatic heterocycles. The van der Waals surface area contributed by atoms with Gasteiger partial charge in [-0.2, -0.15) is 5.10 Å². The number of aromatic nitrogens is 4. The number of nitrogens with one attached hydrogen (secondary N) is 1. The number of nitrogens with zero attached hydrogens (tertiary/aromatic N) is 6. The van der Waals surface area contributed by atoms with Gasteiger partial charge in [0.25, 0.3) is 5.91 Å². The maximum Gasteiger partial charge on any atom is 0.410 e. The molecule has 10 nitrogen and oxygen atoms in total. The van der Waals surface area contributed by atoms with E-state index in [2.05, 4.69) is 22.1 Å². The van der Waals surface area contributed by atoms with Crippen molar-refractivity contribution in [1.82, 2.24) is 24.1 Å². The van der Waals surface area contributed by atoms with E-state index in [4.69, 9.17) is 9.84 Å². The molecule has 4 heterocycles. The molecule has 2 amide bonds. The minimum atomic E-state index is -0.577. The van der Waals surface area contributed by atoms with E-state index in [9.17, 15) is 14.0 Å². The van der Waals surface area contributed by atoms with Gasteiger partial charge in [-0.25, -0.2) is 14.2 Å². The molecule has 1 saturated heterocycles. The lowest BCUT2D eigenvalue weighted by Crippen LogP contribution is -2.50. The molecule has 1 N–H and O–H groups in total. The van der Waals surface area contributed by atoms with Crippen molar-refractivity contribution in [1.29, 1.82) is 0 Å². The molecular formula is C29H36FN7O3. The monoisotopic (exact) mass is 549 g/mol. The molecule has 1 unspecified atom stereocenters. The Morgan fingerprint density at radius 3 is 2.67 bits per heavy atom. The van der Waals surface area contributed by atoms with Gasteiger partial charge in [-0.1, -0.05) is 0 Å². The van der Waals surface area contributed by atoms with Crippen LogP contribution in [0.15, 0.2) is 36.8 Å². The minimum Gasteiger partial charge on any atom is -0.444 e. The second kappa shape index (κ2) is 9.79.